The Morgan fingerprint density at radius 2 is 0.704 bits per heavy atom. The summed E-state index contributed by atoms with van der Waals surface area (Å²) in [5.41, 5.74) is 0. The van der Waals surface area contributed by atoms with E-state index in [1.807, 2.05) is 0 Å². The van der Waals surface area contributed by atoms with Crippen molar-refractivity contribution in [3.8, 4) is 0 Å². The van der Waals surface area contributed by atoms with E-state index in [1.165, 1.54) is 13.8 Å². The van der Waals surface area contributed by atoms with Gasteiger partial charge in [0.25, 0.3) is 0 Å². The highest BCUT2D eigenvalue weighted by Gasteiger charge is 2.57. The molecule has 0 aromatic heterocycles. The zero-order chi connectivity index (χ0) is 39.9. The van der Waals surface area contributed by atoms with Crippen molar-refractivity contribution in [2.45, 2.75) is 167 Å². The molecule has 316 valence electrons. The molecule has 5 saturated heterocycles. The molecule has 5 heterocycles. The second-order valence-electron chi connectivity index (χ2n) is 13.9. The van der Waals surface area contributed by atoms with E-state index in [2.05, 4.69) is 0 Å². The number of hydrogen-bond donors (Lipinski definition) is 15. The van der Waals surface area contributed by atoms with Gasteiger partial charge < -0.3 is 119 Å². The number of aliphatic hydroxyl groups excluding tert-OH is 15. The Labute approximate surface area is 306 Å². The van der Waals surface area contributed by atoms with Crippen LogP contribution in [0.25, 0.3) is 0 Å². The maximum Gasteiger partial charge on any atom is 0.187 e. The molecule has 0 radical (unpaired) electrons. The van der Waals surface area contributed by atoms with Crippen molar-refractivity contribution in [2.24, 2.45) is 0 Å². The number of aliphatic hydroxyl groups is 15. The molecule has 25 atom stereocenters. The van der Waals surface area contributed by atoms with Crippen molar-refractivity contribution in [1.29, 1.82) is 0 Å². The van der Waals surface area contributed by atoms with Crippen LogP contribution in [-0.4, -0.2) is 250 Å². The van der Waals surface area contributed by atoms with Crippen molar-refractivity contribution < 1.29 is 119 Å². The van der Waals surface area contributed by atoms with E-state index >= 15 is 0 Å². The molecule has 5 aliphatic heterocycles. The average molecular weight is 797 g/mol. The quantitative estimate of drug-likeness (QED) is 0.0923. The summed E-state index contributed by atoms with van der Waals surface area (Å²) in [6, 6.07) is 0. The van der Waals surface area contributed by atoms with Crippen LogP contribution in [0.1, 0.15) is 13.8 Å². The first-order chi connectivity index (χ1) is 25.4. The fraction of sp³-hybridized carbons (Fsp3) is 1.00. The van der Waals surface area contributed by atoms with E-state index in [-0.39, 0.29) is 0 Å². The lowest BCUT2D eigenvalue weighted by Crippen LogP contribution is -2.69. The molecule has 15 N–H and O–H groups in total. The SMILES string of the molecule is C[C@@H]1O[C@@H](O[C@H]2[C@H](O[C@@H]3[C@@H](O)[C@@H](O)O[C@H](CO)[C@H]3O[C@@H]3O[C@@H](C)[C@@H](O)[C@@H](O)[C@@H]3O)O[C@H](CO)[C@H](O)[C@@H]2O[C@H]2O[C@H](CO)[C@H](O)[C@H](O)[C@H]2O)[C@@H](O)[C@H](O)[C@@H]1O. The Balaban J connectivity index is 1.51. The summed E-state index contributed by atoms with van der Waals surface area (Å²) in [4.78, 5) is 0. The molecule has 0 unspecified atom stereocenters. The Bertz CT molecular complexity index is 1170. The molecule has 0 aromatic carbocycles. The molecule has 5 aliphatic rings. The average Bonchev–Trinajstić information content (AvgIpc) is 3.15. The maximum absolute atomic E-state index is 11.4. The predicted molar refractivity (Wildman–Crippen MR) is 164 cm³/mol. The standard InChI is InChI=1S/C30H52O24/c1-6-11(34)15(38)18(41)27(46-6)51-22-10(5-33)48-26(45)21(44)24(22)53-30-25(54-28-19(42)16(39)12(35)7(2)47-28)23(14(37)9(4-32)50-30)52-29-20(43)17(40)13(36)8(3-31)49-29/h6-45H,3-5H2,1-2H3/t6-,7-,8+,9+,10+,11+,12+,13-,14-,15+,16+,17-,18-,19-,20+,21+,22+,23-,24+,25+,26-,27-,28-,29+,30-/m0/s1. The third-order valence-electron chi connectivity index (χ3n) is 10.2. The fourth-order valence-corrected chi connectivity index (χ4v) is 6.88. The number of hydrogen-bond acceptors (Lipinski definition) is 24. The van der Waals surface area contributed by atoms with Gasteiger partial charge in [0.2, 0.25) is 0 Å². The van der Waals surface area contributed by atoms with E-state index < -0.39 is 173 Å². The van der Waals surface area contributed by atoms with Crippen LogP contribution in [0.3, 0.4) is 0 Å². The zero-order valence-electron chi connectivity index (χ0n) is 28.9. The molecular formula is C30H52O24. The molecule has 0 spiro atoms. The van der Waals surface area contributed by atoms with E-state index in [0.29, 0.717) is 0 Å². The summed E-state index contributed by atoms with van der Waals surface area (Å²) in [7, 11) is 0. The van der Waals surface area contributed by atoms with Crippen LogP contribution < -0.4 is 0 Å². The van der Waals surface area contributed by atoms with Gasteiger partial charge in [0, 0.05) is 0 Å². The second kappa shape index (κ2) is 18.3. The highest BCUT2D eigenvalue weighted by molar-refractivity contribution is 4.99. The molecule has 24 heteroatoms. The Morgan fingerprint density at radius 1 is 0.333 bits per heavy atom. The predicted octanol–water partition coefficient (Wildman–Crippen LogP) is -9.87. The molecular weight excluding hydrogens is 744 g/mol. The first kappa shape index (κ1) is 44.1. The van der Waals surface area contributed by atoms with E-state index in [4.69, 9.17) is 42.6 Å². The summed E-state index contributed by atoms with van der Waals surface area (Å²) < 4.78 is 51.2. The summed E-state index contributed by atoms with van der Waals surface area (Å²) in [6.45, 7) is -0.126. The normalized spacial score (nSPS) is 54.7. The van der Waals surface area contributed by atoms with Crippen molar-refractivity contribution in [3.63, 3.8) is 0 Å². The van der Waals surface area contributed by atoms with Crippen LogP contribution in [0, 0.1) is 0 Å². The van der Waals surface area contributed by atoms with Gasteiger partial charge in [-0.25, -0.2) is 0 Å². The molecule has 5 rings (SSSR count). The van der Waals surface area contributed by atoms with Gasteiger partial charge in [-0.2, -0.15) is 0 Å². The molecule has 0 amide bonds. The molecule has 24 nitrogen and oxygen atoms in total. The Hall–Kier alpha value is -0.960. The number of ether oxygens (including phenoxy) is 9. The topological polar surface area (TPSA) is 387 Å². The largest absolute Gasteiger partial charge is 0.394 e. The van der Waals surface area contributed by atoms with Gasteiger partial charge in [-0.3, -0.25) is 0 Å². The third kappa shape index (κ3) is 8.72. The summed E-state index contributed by atoms with van der Waals surface area (Å²) in [5.74, 6) is 0. The third-order valence-corrected chi connectivity index (χ3v) is 10.2. The Kier molecular flexibility index (Phi) is 15.0. The van der Waals surface area contributed by atoms with Gasteiger partial charge in [0.05, 0.1) is 32.0 Å². The van der Waals surface area contributed by atoms with Gasteiger partial charge in [-0.1, -0.05) is 0 Å². The van der Waals surface area contributed by atoms with Crippen LogP contribution in [0.15, 0.2) is 0 Å². The van der Waals surface area contributed by atoms with E-state index in [9.17, 15) is 76.6 Å². The van der Waals surface area contributed by atoms with Crippen molar-refractivity contribution in [1.82, 2.24) is 0 Å². The monoisotopic (exact) mass is 796 g/mol. The maximum atomic E-state index is 11.4. The Morgan fingerprint density at radius 3 is 1.20 bits per heavy atom. The lowest BCUT2D eigenvalue weighted by atomic mass is 9.95. The smallest absolute Gasteiger partial charge is 0.187 e. The van der Waals surface area contributed by atoms with E-state index in [1.54, 1.807) is 0 Å². The van der Waals surface area contributed by atoms with Crippen LogP contribution in [-0.2, 0) is 42.6 Å². The lowest BCUT2D eigenvalue weighted by molar-refractivity contribution is -0.411. The summed E-state index contributed by atoms with van der Waals surface area (Å²) in [6.07, 6.45) is -45.1. The molecule has 0 saturated carbocycles. The molecule has 0 bridgehead atoms. The van der Waals surface area contributed by atoms with Gasteiger partial charge in [-0.05, 0) is 13.8 Å². The molecule has 0 aromatic rings. The van der Waals surface area contributed by atoms with Gasteiger partial charge in [-0.15, -0.1) is 0 Å². The zero-order valence-corrected chi connectivity index (χ0v) is 28.9. The van der Waals surface area contributed by atoms with E-state index in [0.717, 1.165) is 0 Å². The summed E-state index contributed by atoms with van der Waals surface area (Å²) in [5, 5.41) is 157. The minimum absolute atomic E-state index is 0.877. The highest BCUT2D eigenvalue weighted by atomic mass is 16.8. The number of rotatable bonds is 11. The van der Waals surface area contributed by atoms with Crippen LogP contribution in [0.2, 0.25) is 0 Å². The fourth-order valence-electron chi connectivity index (χ4n) is 6.88. The van der Waals surface area contributed by atoms with Crippen LogP contribution >= 0.6 is 0 Å². The molecule has 54 heavy (non-hydrogen) atoms. The van der Waals surface area contributed by atoms with Gasteiger partial charge in [0.1, 0.15) is 110 Å². The first-order valence-corrected chi connectivity index (χ1v) is 17.3. The van der Waals surface area contributed by atoms with Crippen LogP contribution in [0.5, 0.6) is 0 Å². The second-order valence-corrected chi connectivity index (χ2v) is 13.9. The highest BCUT2D eigenvalue weighted by Crippen LogP contribution is 2.37. The lowest BCUT2D eigenvalue weighted by Gasteiger charge is -2.51. The van der Waals surface area contributed by atoms with Gasteiger partial charge >= 0.3 is 0 Å². The molecule has 0 aliphatic carbocycles. The minimum atomic E-state index is -2.10. The first-order valence-electron chi connectivity index (χ1n) is 17.3. The van der Waals surface area contributed by atoms with Gasteiger partial charge in [0.15, 0.2) is 31.5 Å². The minimum Gasteiger partial charge on any atom is -0.394 e. The molecule has 5 fully saturated rings. The summed E-state index contributed by atoms with van der Waals surface area (Å²) >= 11 is 0. The van der Waals surface area contributed by atoms with Crippen molar-refractivity contribution in [2.75, 3.05) is 19.8 Å². The van der Waals surface area contributed by atoms with Crippen LogP contribution in [0.4, 0.5) is 0 Å². The van der Waals surface area contributed by atoms with Crippen molar-refractivity contribution >= 4 is 0 Å². The van der Waals surface area contributed by atoms with Crippen molar-refractivity contribution in [3.05, 3.63) is 0 Å².